The van der Waals surface area contributed by atoms with Crippen molar-refractivity contribution in [2.24, 2.45) is 5.92 Å². The second-order valence-corrected chi connectivity index (χ2v) is 9.40. The molecular formula is C28H30F3N3O5. The molecule has 0 unspecified atom stereocenters. The lowest BCUT2D eigenvalue weighted by Crippen LogP contribution is -2.57. The van der Waals surface area contributed by atoms with Crippen molar-refractivity contribution >= 4 is 29.2 Å². The number of carbonyl (C=O) groups excluding carboxylic acids is 4. The van der Waals surface area contributed by atoms with Crippen molar-refractivity contribution < 1.29 is 37.1 Å². The lowest BCUT2D eigenvalue weighted by Gasteiger charge is -2.41. The summed E-state index contributed by atoms with van der Waals surface area (Å²) in [5.41, 5.74) is 1.13. The van der Waals surface area contributed by atoms with E-state index in [1.54, 1.807) is 74.5 Å². The summed E-state index contributed by atoms with van der Waals surface area (Å²) >= 11 is 0. The molecule has 3 amide bonds. The van der Waals surface area contributed by atoms with Gasteiger partial charge >= 0.3 is 6.18 Å². The summed E-state index contributed by atoms with van der Waals surface area (Å²) in [6, 6.07) is 13.6. The summed E-state index contributed by atoms with van der Waals surface area (Å²) < 4.78 is 45.0. The minimum absolute atomic E-state index is 0.207. The van der Waals surface area contributed by atoms with Gasteiger partial charge in [0.05, 0.1) is 5.70 Å². The summed E-state index contributed by atoms with van der Waals surface area (Å²) in [7, 11) is 1.35. The van der Waals surface area contributed by atoms with Crippen LogP contribution in [-0.2, 0) is 30.3 Å². The van der Waals surface area contributed by atoms with Gasteiger partial charge in [-0.25, -0.2) is 0 Å². The van der Waals surface area contributed by atoms with Crippen molar-refractivity contribution in [3.05, 3.63) is 78.0 Å². The van der Waals surface area contributed by atoms with Crippen molar-refractivity contribution in [2.45, 2.75) is 38.5 Å². The molecule has 0 fully saturated rings. The second-order valence-electron chi connectivity index (χ2n) is 9.40. The molecule has 0 spiro atoms. The van der Waals surface area contributed by atoms with Crippen LogP contribution < -0.4 is 5.32 Å². The van der Waals surface area contributed by atoms with Gasteiger partial charge in [-0.1, -0.05) is 74.5 Å². The molecule has 0 saturated heterocycles. The van der Waals surface area contributed by atoms with Crippen LogP contribution in [0.25, 0.3) is 5.70 Å². The van der Waals surface area contributed by atoms with E-state index in [2.05, 4.69) is 5.32 Å². The molecule has 39 heavy (non-hydrogen) atoms. The Labute approximate surface area is 224 Å². The van der Waals surface area contributed by atoms with Gasteiger partial charge in [0.15, 0.2) is 0 Å². The molecule has 0 radical (unpaired) electrons. The molecule has 1 aliphatic rings. The number of nitrogens with one attached hydrogen (secondary N) is 1. The van der Waals surface area contributed by atoms with E-state index in [0.717, 1.165) is 4.90 Å². The quantitative estimate of drug-likeness (QED) is 0.495. The maximum absolute atomic E-state index is 13.7. The number of hydrogen-bond donors (Lipinski definition) is 1. The standard InChI is InChI=1S/C28H30F3N3O5/c1-18(2)25-27(38)33(22(20-12-8-5-9-13-20)15-34(25)24(36)17-39-3)16-23(35)32-21(26(37)28(29,30)31)14-19-10-6-4-7-11-19/h4-13,15,18,21,25H,14,16-17H2,1-3H3,(H,32,35)/t21-,25+/m0/s1. The SMILES string of the molecule is COCC(=O)N1C=C(c2ccccc2)N(CC(=O)N[C@@H](Cc2ccccc2)C(=O)C(F)(F)F)C(=O)[C@H]1C(C)C. The molecule has 0 bridgehead atoms. The topological polar surface area (TPSA) is 96.0 Å². The van der Waals surface area contributed by atoms with Crippen molar-refractivity contribution in [3.8, 4) is 0 Å². The molecule has 0 saturated carbocycles. The first-order valence-electron chi connectivity index (χ1n) is 12.3. The average Bonchev–Trinajstić information content (AvgIpc) is 2.89. The van der Waals surface area contributed by atoms with Crippen LogP contribution in [0.1, 0.15) is 25.0 Å². The molecule has 3 rings (SSSR count). The normalized spacial score (nSPS) is 16.6. The highest BCUT2D eigenvalue weighted by Gasteiger charge is 2.45. The molecule has 208 valence electrons. The van der Waals surface area contributed by atoms with Gasteiger partial charge in [0.2, 0.25) is 5.91 Å². The van der Waals surface area contributed by atoms with E-state index < -0.39 is 48.3 Å². The molecule has 2 atom stereocenters. The fourth-order valence-electron chi connectivity index (χ4n) is 4.35. The first-order valence-corrected chi connectivity index (χ1v) is 12.3. The number of alkyl halides is 3. The van der Waals surface area contributed by atoms with E-state index in [1.165, 1.54) is 18.2 Å². The smallest absolute Gasteiger partial charge is 0.375 e. The Hall–Kier alpha value is -3.99. The van der Waals surface area contributed by atoms with Crippen molar-refractivity contribution in [1.82, 2.24) is 15.1 Å². The summed E-state index contributed by atoms with van der Waals surface area (Å²) in [5, 5.41) is 2.18. The molecule has 8 nitrogen and oxygen atoms in total. The number of ketones is 1. The number of Topliss-reactive ketones (excluding diaryl/α,β-unsaturated/α-hetero) is 1. The Kier molecular flexibility index (Phi) is 9.63. The number of nitrogens with zero attached hydrogens (tertiary/aromatic N) is 2. The number of benzene rings is 2. The molecule has 1 heterocycles. The van der Waals surface area contributed by atoms with Crippen molar-refractivity contribution in [1.29, 1.82) is 0 Å². The number of rotatable bonds is 10. The lowest BCUT2D eigenvalue weighted by molar-refractivity contribution is -0.173. The summed E-state index contributed by atoms with van der Waals surface area (Å²) in [4.78, 5) is 54.2. The summed E-state index contributed by atoms with van der Waals surface area (Å²) in [6.07, 6.45) is -4.11. The maximum Gasteiger partial charge on any atom is 0.452 e. The van der Waals surface area contributed by atoms with Gasteiger partial charge < -0.3 is 15.0 Å². The van der Waals surface area contributed by atoms with Crippen LogP contribution in [0.4, 0.5) is 13.2 Å². The zero-order valence-electron chi connectivity index (χ0n) is 21.8. The fourth-order valence-corrected chi connectivity index (χ4v) is 4.35. The lowest BCUT2D eigenvalue weighted by atomic mass is 9.97. The van der Waals surface area contributed by atoms with Gasteiger partial charge in [0.25, 0.3) is 17.6 Å². The first kappa shape index (κ1) is 29.6. The average molecular weight is 546 g/mol. The highest BCUT2D eigenvalue weighted by molar-refractivity contribution is 6.00. The Balaban J connectivity index is 1.95. The summed E-state index contributed by atoms with van der Waals surface area (Å²) in [6.45, 7) is 2.52. The fraction of sp³-hybridized carbons (Fsp3) is 0.357. The minimum atomic E-state index is -5.17. The number of carbonyl (C=O) groups is 4. The molecule has 0 aromatic heterocycles. The third-order valence-electron chi connectivity index (χ3n) is 6.14. The molecule has 11 heteroatoms. The van der Waals surface area contributed by atoms with Gasteiger partial charge in [-0.15, -0.1) is 0 Å². The molecule has 2 aromatic carbocycles. The monoisotopic (exact) mass is 545 g/mol. The van der Waals surface area contributed by atoms with Crippen LogP contribution >= 0.6 is 0 Å². The summed E-state index contributed by atoms with van der Waals surface area (Å²) in [5.74, 6) is -4.48. The predicted octanol–water partition coefficient (Wildman–Crippen LogP) is 3.19. The molecule has 1 aliphatic heterocycles. The number of halogens is 3. The van der Waals surface area contributed by atoms with Crippen LogP contribution in [0.3, 0.4) is 0 Å². The highest BCUT2D eigenvalue weighted by atomic mass is 19.4. The second kappa shape index (κ2) is 12.7. The van der Waals surface area contributed by atoms with Crippen LogP contribution in [0.15, 0.2) is 66.9 Å². The molecule has 1 N–H and O–H groups in total. The Morgan fingerprint density at radius 3 is 2.13 bits per heavy atom. The predicted molar refractivity (Wildman–Crippen MR) is 137 cm³/mol. The van der Waals surface area contributed by atoms with Gasteiger partial charge in [-0.3, -0.25) is 24.1 Å². The van der Waals surface area contributed by atoms with Crippen LogP contribution in [0.5, 0.6) is 0 Å². The number of hydrogen-bond acceptors (Lipinski definition) is 5. The number of methoxy groups -OCH3 is 1. The van der Waals surface area contributed by atoms with E-state index in [0.29, 0.717) is 11.1 Å². The zero-order chi connectivity index (χ0) is 28.7. The number of amides is 3. The molecule has 0 aliphatic carbocycles. The largest absolute Gasteiger partial charge is 0.452 e. The Morgan fingerprint density at radius 1 is 1.00 bits per heavy atom. The van der Waals surface area contributed by atoms with Crippen LogP contribution in [0, 0.1) is 5.92 Å². The third-order valence-corrected chi connectivity index (χ3v) is 6.14. The Morgan fingerprint density at radius 2 is 1.59 bits per heavy atom. The minimum Gasteiger partial charge on any atom is -0.375 e. The van der Waals surface area contributed by atoms with Gasteiger partial charge in [0.1, 0.15) is 25.2 Å². The van der Waals surface area contributed by atoms with Gasteiger partial charge in [-0.05, 0) is 17.0 Å². The van der Waals surface area contributed by atoms with Gasteiger partial charge in [0, 0.05) is 19.7 Å². The number of ether oxygens (including phenoxy) is 1. The molecular weight excluding hydrogens is 515 g/mol. The van der Waals surface area contributed by atoms with Crippen molar-refractivity contribution in [2.75, 3.05) is 20.3 Å². The van der Waals surface area contributed by atoms with E-state index in [-0.39, 0.29) is 24.6 Å². The maximum atomic E-state index is 13.7. The zero-order valence-corrected chi connectivity index (χ0v) is 21.8. The van der Waals surface area contributed by atoms with Crippen molar-refractivity contribution in [3.63, 3.8) is 0 Å². The Bertz CT molecular complexity index is 1220. The third kappa shape index (κ3) is 7.32. The highest BCUT2D eigenvalue weighted by Crippen LogP contribution is 2.30. The van der Waals surface area contributed by atoms with Gasteiger partial charge in [-0.2, -0.15) is 13.2 Å². The first-order chi connectivity index (χ1) is 18.4. The van der Waals surface area contributed by atoms with E-state index >= 15 is 0 Å². The molecule has 2 aromatic rings. The van der Waals surface area contributed by atoms with E-state index in [1.807, 2.05) is 0 Å². The van der Waals surface area contributed by atoms with E-state index in [4.69, 9.17) is 4.74 Å². The van der Waals surface area contributed by atoms with E-state index in [9.17, 15) is 32.3 Å². The van der Waals surface area contributed by atoms with Crippen LogP contribution in [-0.4, -0.2) is 71.8 Å². The van der Waals surface area contributed by atoms with Crippen LogP contribution in [0.2, 0.25) is 0 Å².